The summed E-state index contributed by atoms with van der Waals surface area (Å²) in [5, 5.41) is 0. The Kier molecular flexibility index (Phi) is 9.92. The van der Waals surface area contributed by atoms with Crippen molar-refractivity contribution in [2.45, 2.75) is 116 Å². The van der Waals surface area contributed by atoms with E-state index in [9.17, 15) is 0 Å². The van der Waals surface area contributed by atoms with Crippen molar-refractivity contribution in [1.82, 2.24) is 0 Å². The summed E-state index contributed by atoms with van der Waals surface area (Å²) in [5.41, 5.74) is 0. The van der Waals surface area contributed by atoms with Gasteiger partial charge in [-0.1, -0.05) is 58.8 Å². The standard InChI is InChI=1S/C23H42O/c1-3-5-7-9-18-24-23-13-10-12-22(19-23)21-16-14-20(15-17-21)11-8-6-4-2/h9,18,20-23H,3-8,10-17,19H2,1-2H3/t20?,21?,22-,23-/m1/s1. The summed E-state index contributed by atoms with van der Waals surface area (Å²) >= 11 is 0. The van der Waals surface area contributed by atoms with Gasteiger partial charge < -0.3 is 4.74 Å². The van der Waals surface area contributed by atoms with Crippen molar-refractivity contribution in [2.75, 3.05) is 0 Å². The molecule has 24 heavy (non-hydrogen) atoms. The van der Waals surface area contributed by atoms with Crippen LogP contribution in [0.15, 0.2) is 12.3 Å². The van der Waals surface area contributed by atoms with E-state index in [4.69, 9.17) is 4.74 Å². The SMILES string of the molecule is CCCCC=CO[C@@H]1CCC[C@@H](C2CCC(CCCCC)CC2)C1. The van der Waals surface area contributed by atoms with E-state index in [1.54, 1.807) is 0 Å². The molecule has 0 saturated heterocycles. The number of hydrogen-bond donors (Lipinski definition) is 0. The van der Waals surface area contributed by atoms with E-state index in [0.29, 0.717) is 6.10 Å². The zero-order valence-electron chi connectivity index (χ0n) is 16.5. The molecule has 2 aliphatic carbocycles. The lowest BCUT2D eigenvalue weighted by Gasteiger charge is -2.38. The molecule has 1 nitrogen and oxygen atoms in total. The van der Waals surface area contributed by atoms with Crippen molar-refractivity contribution in [3.8, 4) is 0 Å². The van der Waals surface area contributed by atoms with Crippen molar-refractivity contribution in [1.29, 1.82) is 0 Å². The Bertz CT molecular complexity index is 327. The van der Waals surface area contributed by atoms with E-state index < -0.39 is 0 Å². The lowest BCUT2D eigenvalue weighted by molar-refractivity contribution is 0.0510. The molecule has 2 saturated carbocycles. The topological polar surface area (TPSA) is 9.23 Å². The van der Waals surface area contributed by atoms with E-state index in [1.165, 1.54) is 96.3 Å². The predicted molar refractivity (Wildman–Crippen MR) is 105 cm³/mol. The second kappa shape index (κ2) is 12.0. The Morgan fingerprint density at radius 1 is 0.833 bits per heavy atom. The van der Waals surface area contributed by atoms with Gasteiger partial charge in [0.15, 0.2) is 0 Å². The van der Waals surface area contributed by atoms with Crippen LogP contribution >= 0.6 is 0 Å². The molecule has 2 rings (SSSR count). The lowest BCUT2D eigenvalue weighted by atomic mass is 9.70. The summed E-state index contributed by atoms with van der Waals surface area (Å²) in [5.74, 6) is 3.00. The van der Waals surface area contributed by atoms with Crippen LogP contribution in [0.2, 0.25) is 0 Å². The van der Waals surface area contributed by atoms with Crippen molar-refractivity contribution in [3.05, 3.63) is 12.3 Å². The normalized spacial score (nSPS) is 31.4. The monoisotopic (exact) mass is 334 g/mol. The van der Waals surface area contributed by atoms with Gasteiger partial charge >= 0.3 is 0 Å². The fourth-order valence-corrected chi connectivity index (χ4v) is 4.92. The summed E-state index contributed by atoms with van der Waals surface area (Å²) in [6, 6.07) is 0. The molecule has 0 aliphatic heterocycles. The zero-order chi connectivity index (χ0) is 17.0. The fourth-order valence-electron chi connectivity index (χ4n) is 4.92. The predicted octanol–water partition coefficient (Wildman–Crippen LogP) is 7.65. The molecule has 1 heteroatoms. The summed E-state index contributed by atoms with van der Waals surface area (Å²) in [6.07, 6.45) is 25.7. The third-order valence-electron chi connectivity index (χ3n) is 6.53. The Labute approximate surface area is 151 Å². The second-order valence-corrected chi connectivity index (χ2v) is 8.48. The highest BCUT2D eigenvalue weighted by Gasteiger charge is 2.31. The van der Waals surface area contributed by atoms with Gasteiger partial charge in [-0.2, -0.15) is 0 Å². The Hall–Kier alpha value is -0.460. The Morgan fingerprint density at radius 2 is 1.62 bits per heavy atom. The lowest BCUT2D eigenvalue weighted by Crippen LogP contribution is -2.29. The highest BCUT2D eigenvalue weighted by molar-refractivity contribution is 4.84. The maximum atomic E-state index is 6.06. The van der Waals surface area contributed by atoms with Crippen LogP contribution in [0.4, 0.5) is 0 Å². The first-order chi connectivity index (χ1) is 11.8. The minimum absolute atomic E-state index is 0.504. The van der Waals surface area contributed by atoms with E-state index in [2.05, 4.69) is 19.9 Å². The molecule has 0 bridgehead atoms. The molecule has 0 aromatic heterocycles. The van der Waals surface area contributed by atoms with E-state index >= 15 is 0 Å². The summed E-state index contributed by atoms with van der Waals surface area (Å²) in [4.78, 5) is 0. The van der Waals surface area contributed by atoms with Crippen molar-refractivity contribution in [3.63, 3.8) is 0 Å². The van der Waals surface area contributed by atoms with Crippen LogP contribution in [-0.4, -0.2) is 6.10 Å². The number of rotatable bonds is 10. The van der Waals surface area contributed by atoms with Crippen molar-refractivity contribution < 1.29 is 4.74 Å². The summed E-state index contributed by atoms with van der Waals surface area (Å²) in [7, 11) is 0. The average Bonchev–Trinajstić information content (AvgIpc) is 2.63. The fraction of sp³-hybridized carbons (Fsp3) is 0.913. The van der Waals surface area contributed by atoms with Gasteiger partial charge in [-0.3, -0.25) is 0 Å². The first kappa shape index (κ1) is 19.9. The molecule has 0 N–H and O–H groups in total. The van der Waals surface area contributed by atoms with Crippen LogP contribution < -0.4 is 0 Å². The second-order valence-electron chi connectivity index (χ2n) is 8.48. The van der Waals surface area contributed by atoms with Gasteiger partial charge in [0.25, 0.3) is 0 Å². The molecule has 0 aromatic carbocycles. The first-order valence-corrected chi connectivity index (χ1v) is 11.1. The van der Waals surface area contributed by atoms with E-state index in [0.717, 1.165) is 17.8 Å². The summed E-state index contributed by atoms with van der Waals surface area (Å²) in [6.45, 7) is 4.57. The molecule has 0 radical (unpaired) electrons. The Balaban J connectivity index is 1.64. The van der Waals surface area contributed by atoms with Crippen LogP contribution in [-0.2, 0) is 4.74 Å². The number of hydrogen-bond acceptors (Lipinski definition) is 1. The number of ether oxygens (including phenoxy) is 1. The summed E-state index contributed by atoms with van der Waals surface area (Å²) < 4.78 is 6.06. The van der Waals surface area contributed by atoms with E-state index in [-0.39, 0.29) is 0 Å². The quantitative estimate of drug-likeness (QED) is 0.294. The molecule has 0 unspecified atom stereocenters. The highest BCUT2D eigenvalue weighted by atomic mass is 16.5. The minimum atomic E-state index is 0.504. The zero-order valence-corrected chi connectivity index (χ0v) is 16.5. The molecule has 2 aliphatic rings. The van der Waals surface area contributed by atoms with Crippen molar-refractivity contribution in [2.24, 2.45) is 17.8 Å². The first-order valence-electron chi connectivity index (χ1n) is 11.1. The van der Waals surface area contributed by atoms with Crippen LogP contribution in [0.25, 0.3) is 0 Å². The van der Waals surface area contributed by atoms with Gasteiger partial charge in [0.05, 0.1) is 12.4 Å². The molecule has 0 aromatic rings. The molecule has 0 spiro atoms. The maximum absolute atomic E-state index is 6.06. The Morgan fingerprint density at radius 3 is 2.38 bits per heavy atom. The largest absolute Gasteiger partial charge is 0.498 e. The molecule has 140 valence electrons. The number of unbranched alkanes of at least 4 members (excludes halogenated alkanes) is 4. The van der Waals surface area contributed by atoms with Gasteiger partial charge in [0.2, 0.25) is 0 Å². The minimum Gasteiger partial charge on any atom is -0.498 e. The van der Waals surface area contributed by atoms with Crippen molar-refractivity contribution >= 4 is 0 Å². The molecule has 0 amide bonds. The van der Waals surface area contributed by atoms with Gasteiger partial charge in [0.1, 0.15) is 0 Å². The third-order valence-corrected chi connectivity index (χ3v) is 6.53. The van der Waals surface area contributed by atoms with Gasteiger partial charge in [-0.15, -0.1) is 0 Å². The number of allylic oxidation sites excluding steroid dienone is 1. The van der Waals surface area contributed by atoms with Crippen LogP contribution in [0.3, 0.4) is 0 Å². The van der Waals surface area contributed by atoms with Gasteiger partial charge in [-0.05, 0) is 75.2 Å². The molecular formula is C23H42O. The molecule has 2 atom stereocenters. The third kappa shape index (κ3) is 7.19. The molecular weight excluding hydrogens is 292 g/mol. The smallest absolute Gasteiger partial charge is 0.0981 e. The van der Waals surface area contributed by atoms with Crippen LogP contribution in [0.5, 0.6) is 0 Å². The average molecular weight is 335 g/mol. The van der Waals surface area contributed by atoms with Gasteiger partial charge in [0, 0.05) is 0 Å². The highest BCUT2D eigenvalue weighted by Crippen LogP contribution is 2.41. The van der Waals surface area contributed by atoms with E-state index in [1.807, 2.05) is 6.26 Å². The van der Waals surface area contributed by atoms with Gasteiger partial charge in [-0.25, -0.2) is 0 Å². The maximum Gasteiger partial charge on any atom is 0.0981 e. The van der Waals surface area contributed by atoms with Crippen LogP contribution in [0, 0.1) is 17.8 Å². The van der Waals surface area contributed by atoms with Crippen LogP contribution in [0.1, 0.15) is 110 Å². The molecule has 0 heterocycles. The molecule has 2 fully saturated rings.